The minimum Gasteiger partial charge on any atom is -0.0884 e. The smallest absolute Gasteiger partial charge is 0.0217 e. The highest BCUT2D eigenvalue weighted by Crippen LogP contribution is 2.67. The Morgan fingerprint density at radius 3 is 2.77 bits per heavy atom. The number of alkyl halides is 1. The molecule has 0 saturated heterocycles. The van der Waals surface area contributed by atoms with E-state index >= 15 is 0 Å². The van der Waals surface area contributed by atoms with E-state index in [9.17, 15) is 0 Å². The van der Waals surface area contributed by atoms with E-state index in [4.69, 9.17) is 0 Å². The highest BCUT2D eigenvalue weighted by atomic mass is 79.9. The van der Waals surface area contributed by atoms with Crippen molar-refractivity contribution in [3.63, 3.8) is 0 Å². The summed E-state index contributed by atoms with van der Waals surface area (Å²) in [6.45, 7) is 7.60. The van der Waals surface area contributed by atoms with Gasteiger partial charge in [0.05, 0.1) is 0 Å². The van der Waals surface area contributed by atoms with Crippen LogP contribution in [0.4, 0.5) is 0 Å². The van der Waals surface area contributed by atoms with E-state index in [2.05, 4.69) is 54.9 Å². The average Bonchev–Trinajstić information content (AvgIpc) is 2.84. The van der Waals surface area contributed by atoms with Gasteiger partial charge in [0.15, 0.2) is 0 Å². The molecule has 7 atom stereocenters. The third kappa shape index (κ3) is 1.93. The summed E-state index contributed by atoms with van der Waals surface area (Å²) in [7, 11) is 0. The van der Waals surface area contributed by atoms with E-state index in [0.717, 1.165) is 30.1 Å². The summed E-state index contributed by atoms with van der Waals surface area (Å²) in [5.74, 6) is 3.68. The molecule has 0 aromatic carbocycles. The van der Waals surface area contributed by atoms with Gasteiger partial charge in [0.25, 0.3) is 0 Å². The molecule has 0 N–H and O–H groups in total. The molecular weight excluding hydrogens is 332 g/mol. The molecule has 3 saturated carbocycles. The second-order valence-electron chi connectivity index (χ2n) is 8.89. The second kappa shape index (κ2) is 5.23. The zero-order valence-corrected chi connectivity index (χ0v) is 16.0. The Morgan fingerprint density at radius 2 is 2.00 bits per heavy atom. The summed E-state index contributed by atoms with van der Waals surface area (Å²) in [6, 6.07) is 0. The first-order chi connectivity index (χ1) is 10.5. The summed E-state index contributed by atoms with van der Waals surface area (Å²) >= 11 is 4.15. The fourth-order valence-corrected chi connectivity index (χ4v) is 8.13. The van der Waals surface area contributed by atoms with Crippen LogP contribution in [-0.4, -0.2) is 4.83 Å². The van der Waals surface area contributed by atoms with Gasteiger partial charge in [-0.25, -0.2) is 0 Å². The number of hydrogen-bond acceptors (Lipinski definition) is 0. The minimum absolute atomic E-state index is 0.360. The topological polar surface area (TPSA) is 0 Å². The van der Waals surface area contributed by atoms with Crippen LogP contribution in [0.5, 0.6) is 0 Å². The minimum atomic E-state index is 0.360. The number of fused-ring (bicyclic) bond motifs is 5. The summed E-state index contributed by atoms with van der Waals surface area (Å²) in [4.78, 5) is 0.712. The third-order valence-corrected chi connectivity index (χ3v) is 9.22. The molecule has 122 valence electrons. The molecule has 0 heterocycles. The lowest BCUT2D eigenvalue weighted by atomic mass is 9.47. The van der Waals surface area contributed by atoms with Crippen LogP contribution in [0.15, 0.2) is 23.8 Å². The second-order valence-corrected chi connectivity index (χ2v) is 10.1. The number of rotatable bonds is 1. The first kappa shape index (κ1) is 15.5. The maximum Gasteiger partial charge on any atom is 0.0217 e. The molecule has 3 fully saturated rings. The molecule has 0 nitrogen and oxygen atoms in total. The molecule has 0 radical (unpaired) electrons. The van der Waals surface area contributed by atoms with Crippen LogP contribution >= 0.6 is 15.9 Å². The molecule has 4 aliphatic rings. The van der Waals surface area contributed by atoms with Crippen molar-refractivity contribution >= 4 is 15.9 Å². The largest absolute Gasteiger partial charge is 0.0884 e. The van der Waals surface area contributed by atoms with Crippen molar-refractivity contribution in [1.82, 2.24) is 0 Å². The van der Waals surface area contributed by atoms with Crippen LogP contribution in [0.3, 0.4) is 0 Å². The number of halogens is 1. The fraction of sp³-hybridized carbons (Fsp3) is 0.810. The Kier molecular flexibility index (Phi) is 3.68. The van der Waals surface area contributed by atoms with Crippen molar-refractivity contribution in [3.05, 3.63) is 23.8 Å². The molecule has 0 aliphatic heterocycles. The van der Waals surface area contributed by atoms with E-state index < -0.39 is 0 Å². The van der Waals surface area contributed by atoms with Gasteiger partial charge in [-0.2, -0.15) is 0 Å². The van der Waals surface area contributed by atoms with Gasteiger partial charge in [0.1, 0.15) is 0 Å². The van der Waals surface area contributed by atoms with Gasteiger partial charge in [-0.3, -0.25) is 0 Å². The standard InChI is InChI=1S/C21H31Br/c1-4-14-8-9-16-19-17(10-12-21(14,16)3)20(2)11-6-5-7-15(20)13-18(19)22/h6-7,11,14,16-19H,4-5,8-10,12-13H2,1-3H3/t14-,16-,17-,18?,19-,20-,21+/m0/s1. The molecule has 0 amide bonds. The van der Waals surface area contributed by atoms with Crippen LogP contribution in [0.2, 0.25) is 0 Å². The molecule has 1 unspecified atom stereocenters. The lowest BCUT2D eigenvalue weighted by Gasteiger charge is -2.58. The molecule has 22 heavy (non-hydrogen) atoms. The van der Waals surface area contributed by atoms with Crippen molar-refractivity contribution in [1.29, 1.82) is 0 Å². The highest BCUT2D eigenvalue weighted by Gasteiger charge is 2.59. The van der Waals surface area contributed by atoms with E-state index in [1.54, 1.807) is 5.57 Å². The Hall–Kier alpha value is -0.0400. The number of hydrogen-bond donors (Lipinski definition) is 0. The van der Waals surface area contributed by atoms with Crippen LogP contribution < -0.4 is 0 Å². The molecule has 4 rings (SSSR count). The molecule has 1 heteroatoms. The fourth-order valence-electron chi connectivity index (χ4n) is 7.04. The van der Waals surface area contributed by atoms with Crippen molar-refractivity contribution in [2.75, 3.05) is 0 Å². The van der Waals surface area contributed by atoms with Gasteiger partial charge in [-0.1, -0.05) is 66.9 Å². The Morgan fingerprint density at radius 1 is 1.18 bits per heavy atom. The maximum absolute atomic E-state index is 4.15. The van der Waals surface area contributed by atoms with Crippen LogP contribution in [-0.2, 0) is 0 Å². The van der Waals surface area contributed by atoms with Gasteiger partial charge in [0.2, 0.25) is 0 Å². The summed E-state index contributed by atoms with van der Waals surface area (Å²) in [6.07, 6.45) is 17.2. The van der Waals surface area contributed by atoms with Crippen molar-refractivity contribution in [2.24, 2.45) is 34.5 Å². The predicted molar refractivity (Wildman–Crippen MR) is 98.1 cm³/mol. The van der Waals surface area contributed by atoms with Gasteiger partial charge in [-0.15, -0.1) is 0 Å². The van der Waals surface area contributed by atoms with E-state index in [1.165, 1.54) is 38.5 Å². The normalized spacial score (nSPS) is 53.5. The highest BCUT2D eigenvalue weighted by molar-refractivity contribution is 9.09. The summed E-state index contributed by atoms with van der Waals surface area (Å²) < 4.78 is 0. The first-order valence-corrected chi connectivity index (χ1v) is 10.4. The Labute approximate surface area is 145 Å². The molecule has 0 aromatic heterocycles. The van der Waals surface area contributed by atoms with Crippen LogP contribution in [0.25, 0.3) is 0 Å². The SMILES string of the molecule is CC[C@H]1CC[C@H]2[C@@H]3C(Br)CC4=CCC=C[C@]4(C)[C@H]3CC[C@]12C. The van der Waals surface area contributed by atoms with E-state index in [-0.39, 0.29) is 0 Å². The first-order valence-electron chi connectivity index (χ1n) is 9.52. The quantitative estimate of drug-likeness (QED) is 0.368. The number of allylic oxidation sites excluding steroid dienone is 4. The van der Waals surface area contributed by atoms with Crippen molar-refractivity contribution in [2.45, 2.75) is 70.5 Å². The van der Waals surface area contributed by atoms with Crippen molar-refractivity contribution < 1.29 is 0 Å². The maximum atomic E-state index is 4.15. The Balaban J connectivity index is 1.72. The molecule has 0 bridgehead atoms. The zero-order chi connectivity index (χ0) is 15.5. The zero-order valence-electron chi connectivity index (χ0n) is 14.4. The molecule has 4 aliphatic carbocycles. The van der Waals surface area contributed by atoms with Gasteiger partial charge >= 0.3 is 0 Å². The average molecular weight is 363 g/mol. The lowest BCUT2D eigenvalue weighted by Crippen LogP contribution is -2.53. The van der Waals surface area contributed by atoms with Crippen LogP contribution in [0, 0.1) is 34.5 Å². The predicted octanol–water partition coefficient (Wildman–Crippen LogP) is 6.51. The molecule has 0 aromatic rings. The molecule has 0 spiro atoms. The summed E-state index contributed by atoms with van der Waals surface area (Å²) in [5.41, 5.74) is 2.71. The summed E-state index contributed by atoms with van der Waals surface area (Å²) in [5, 5.41) is 0. The van der Waals surface area contributed by atoms with Gasteiger partial charge < -0.3 is 0 Å². The Bertz CT molecular complexity index is 518. The molecular formula is C21H31Br. The van der Waals surface area contributed by atoms with E-state index in [1.807, 2.05) is 0 Å². The van der Waals surface area contributed by atoms with Gasteiger partial charge in [-0.05, 0) is 67.6 Å². The van der Waals surface area contributed by atoms with Crippen LogP contribution in [0.1, 0.15) is 65.7 Å². The van der Waals surface area contributed by atoms with Crippen molar-refractivity contribution in [3.8, 4) is 0 Å². The van der Waals surface area contributed by atoms with Gasteiger partial charge in [0, 0.05) is 10.2 Å². The third-order valence-electron chi connectivity index (χ3n) is 8.28. The lowest BCUT2D eigenvalue weighted by molar-refractivity contribution is -0.0298. The van der Waals surface area contributed by atoms with E-state index in [0.29, 0.717) is 15.7 Å². The monoisotopic (exact) mass is 362 g/mol.